The number of aryl methyl sites for hydroxylation is 1. The van der Waals surface area contributed by atoms with Gasteiger partial charge in [-0.1, -0.05) is 19.0 Å². The average Bonchev–Trinajstić information content (AvgIpc) is 2.74. The molecule has 0 aliphatic carbocycles. The Morgan fingerprint density at radius 3 is 2.79 bits per heavy atom. The molecule has 3 N–H and O–H groups in total. The van der Waals surface area contributed by atoms with Crippen LogP contribution in [0.3, 0.4) is 0 Å². The Morgan fingerprint density at radius 1 is 1.37 bits per heavy atom. The second-order valence-electron chi connectivity index (χ2n) is 4.59. The second-order valence-corrected chi connectivity index (χ2v) is 4.59. The Labute approximate surface area is 111 Å². The van der Waals surface area contributed by atoms with E-state index in [1.165, 1.54) is 6.33 Å². The highest BCUT2D eigenvalue weighted by molar-refractivity contribution is 5.56. The zero-order chi connectivity index (χ0) is 13.8. The predicted octanol–water partition coefficient (Wildman–Crippen LogP) is 1.53. The smallest absolute Gasteiger partial charge is 0.228 e. The summed E-state index contributed by atoms with van der Waals surface area (Å²) in [5, 5.41) is 6.98. The van der Waals surface area contributed by atoms with Crippen LogP contribution in [0, 0.1) is 6.92 Å². The van der Waals surface area contributed by atoms with Crippen molar-refractivity contribution in [3.05, 3.63) is 23.6 Å². The monoisotopic (exact) mass is 262 g/mol. The first-order valence-electron chi connectivity index (χ1n) is 6.21. The van der Waals surface area contributed by atoms with Crippen LogP contribution in [0.1, 0.15) is 37.0 Å². The van der Waals surface area contributed by atoms with Gasteiger partial charge in [-0.25, -0.2) is 9.97 Å². The molecule has 0 spiro atoms. The van der Waals surface area contributed by atoms with Crippen molar-refractivity contribution in [3.63, 3.8) is 0 Å². The van der Waals surface area contributed by atoms with E-state index in [0.29, 0.717) is 30.5 Å². The summed E-state index contributed by atoms with van der Waals surface area (Å²) in [5.74, 6) is 2.79. The fourth-order valence-electron chi connectivity index (χ4n) is 1.85. The van der Waals surface area contributed by atoms with Crippen molar-refractivity contribution in [1.29, 1.82) is 0 Å². The van der Waals surface area contributed by atoms with Crippen LogP contribution in [0.25, 0.3) is 0 Å². The first-order valence-corrected chi connectivity index (χ1v) is 6.21. The van der Waals surface area contributed by atoms with Gasteiger partial charge in [-0.3, -0.25) is 0 Å². The highest BCUT2D eigenvalue weighted by atomic mass is 16.5. The van der Waals surface area contributed by atoms with Gasteiger partial charge in [0.2, 0.25) is 5.89 Å². The largest absolute Gasteiger partial charge is 0.383 e. The van der Waals surface area contributed by atoms with Gasteiger partial charge < -0.3 is 15.6 Å². The number of anilines is 2. The van der Waals surface area contributed by atoms with E-state index in [1.807, 2.05) is 0 Å². The lowest BCUT2D eigenvalue weighted by Gasteiger charge is -2.14. The van der Waals surface area contributed by atoms with E-state index in [1.54, 1.807) is 6.92 Å². The molecule has 0 aliphatic rings. The summed E-state index contributed by atoms with van der Waals surface area (Å²) < 4.78 is 5.05. The molecule has 19 heavy (non-hydrogen) atoms. The van der Waals surface area contributed by atoms with Crippen LogP contribution in [0.5, 0.6) is 0 Å². The lowest BCUT2D eigenvalue weighted by atomic mass is 10.0. The van der Waals surface area contributed by atoms with Gasteiger partial charge in [0.15, 0.2) is 5.82 Å². The topological polar surface area (TPSA) is 103 Å². The standard InChI is InChI=1S/C12H18N6O/c1-7(2)10-11(13)15-6-16-12(10)14-5-4-9-17-8(3)18-19-9/h6-7H,4-5H2,1-3H3,(H3,13,14,15,16). The molecule has 0 radical (unpaired) electrons. The van der Waals surface area contributed by atoms with Gasteiger partial charge in [0.05, 0.1) is 0 Å². The number of hydrogen-bond acceptors (Lipinski definition) is 7. The zero-order valence-corrected chi connectivity index (χ0v) is 11.3. The third-order valence-electron chi connectivity index (χ3n) is 2.69. The molecule has 0 aromatic carbocycles. The van der Waals surface area contributed by atoms with Gasteiger partial charge in [0.25, 0.3) is 0 Å². The van der Waals surface area contributed by atoms with E-state index in [-0.39, 0.29) is 5.92 Å². The molecule has 0 saturated heterocycles. The highest BCUT2D eigenvalue weighted by Crippen LogP contribution is 2.25. The number of rotatable bonds is 5. The lowest BCUT2D eigenvalue weighted by molar-refractivity contribution is 0.377. The SMILES string of the molecule is Cc1noc(CCNc2ncnc(N)c2C(C)C)n1. The summed E-state index contributed by atoms with van der Waals surface area (Å²) in [6.45, 7) is 6.56. The molecule has 0 amide bonds. The minimum Gasteiger partial charge on any atom is -0.383 e. The van der Waals surface area contributed by atoms with Gasteiger partial charge in [0.1, 0.15) is 18.0 Å². The van der Waals surface area contributed by atoms with E-state index in [9.17, 15) is 0 Å². The zero-order valence-electron chi connectivity index (χ0n) is 11.3. The Balaban J connectivity index is 2.01. The second kappa shape index (κ2) is 5.64. The van der Waals surface area contributed by atoms with E-state index in [4.69, 9.17) is 10.3 Å². The molecule has 2 rings (SSSR count). The minimum absolute atomic E-state index is 0.259. The number of hydrogen-bond donors (Lipinski definition) is 2. The maximum absolute atomic E-state index is 5.88. The van der Waals surface area contributed by atoms with E-state index in [2.05, 4.69) is 39.3 Å². The van der Waals surface area contributed by atoms with Crippen LogP contribution in [0.2, 0.25) is 0 Å². The summed E-state index contributed by atoms with van der Waals surface area (Å²) in [6.07, 6.45) is 2.10. The van der Waals surface area contributed by atoms with Crippen LogP contribution in [-0.4, -0.2) is 26.7 Å². The first-order chi connectivity index (χ1) is 9.08. The molecule has 102 valence electrons. The Kier molecular flexibility index (Phi) is 3.94. The quantitative estimate of drug-likeness (QED) is 0.842. The van der Waals surface area contributed by atoms with Crippen LogP contribution < -0.4 is 11.1 Å². The van der Waals surface area contributed by atoms with Crippen LogP contribution >= 0.6 is 0 Å². The summed E-state index contributed by atoms with van der Waals surface area (Å²) in [7, 11) is 0. The number of nitrogens with one attached hydrogen (secondary N) is 1. The minimum atomic E-state index is 0.259. The Hall–Kier alpha value is -2.18. The summed E-state index contributed by atoms with van der Waals surface area (Å²) in [4.78, 5) is 12.4. The van der Waals surface area contributed by atoms with Crippen molar-refractivity contribution in [2.24, 2.45) is 0 Å². The fraction of sp³-hybridized carbons (Fsp3) is 0.500. The van der Waals surface area contributed by atoms with E-state index >= 15 is 0 Å². The van der Waals surface area contributed by atoms with Gasteiger partial charge in [-0.05, 0) is 12.8 Å². The maximum atomic E-state index is 5.88. The van der Waals surface area contributed by atoms with Gasteiger partial charge in [0, 0.05) is 18.5 Å². The Morgan fingerprint density at radius 2 is 2.16 bits per heavy atom. The van der Waals surface area contributed by atoms with Crippen molar-refractivity contribution < 1.29 is 4.52 Å². The molecule has 2 heterocycles. The van der Waals surface area contributed by atoms with Crippen LogP contribution in [0.4, 0.5) is 11.6 Å². The third-order valence-corrected chi connectivity index (χ3v) is 2.69. The molecule has 0 unspecified atom stereocenters. The lowest BCUT2D eigenvalue weighted by Crippen LogP contribution is -2.12. The molecule has 0 saturated carbocycles. The summed E-state index contributed by atoms with van der Waals surface area (Å²) in [5.41, 5.74) is 6.81. The molecule has 0 atom stereocenters. The average molecular weight is 262 g/mol. The Bertz CT molecular complexity index is 551. The van der Waals surface area contributed by atoms with Crippen LogP contribution in [0.15, 0.2) is 10.9 Å². The van der Waals surface area contributed by atoms with Crippen molar-refractivity contribution in [2.75, 3.05) is 17.6 Å². The molecule has 7 nitrogen and oxygen atoms in total. The third kappa shape index (κ3) is 3.18. The van der Waals surface area contributed by atoms with Gasteiger partial charge >= 0.3 is 0 Å². The van der Waals surface area contributed by atoms with E-state index in [0.717, 1.165) is 11.4 Å². The number of nitrogen functional groups attached to an aromatic ring is 1. The van der Waals surface area contributed by atoms with Crippen molar-refractivity contribution in [2.45, 2.75) is 33.1 Å². The molecule has 2 aromatic heterocycles. The maximum Gasteiger partial charge on any atom is 0.228 e. The summed E-state index contributed by atoms with van der Waals surface area (Å²) >= 11 is 0. The highest BCUT2D eigenvalue weighted by Gasteiger charge is 2.12. The molecular weight excluding hydrogens is 244 g/mol. The molecular formula is C12H18N6O. The molecule has 0 fully saturated rings. The predicted molar refractivity (Wildman–Crippen MR) is 71.8 cm³/mol. The number of aromatic nitrogens is 4. The van der Waals surface area contributed by atoms with Crippen molar-refractivity contribution >= 4 is 11.6 Å². The molecule has 7 heteroatoms. The van der Waals surface area contributed by atoms with Crippen molar-refractivity contribution in [1.82, 2.24) is 20.1 Å². The number of nitrogens with zero attached hydrogens (tertiary/aromatic N) is 4. The molecule has 0 bridgehead atoms. The first kappa shape index (κ1) is 13.3. The van der Waals surface area contributed by atoms with Crippen LogP contribution in [-0.2, 0) is 6.42 Å². The normalized spacial score (nSPS) is 10.9. The summed E-state index contributed by atoms with van der Waals surface area (Å²) in [6, 6.07) is 0. The molecule has 0 aliphatic heterocycles. The fourth-order valence-corrected chi connectivity index (χ4v) is 1.85. The number of nitrogens with two attached hydrogens (primary N) is 1. The molecule has 2 aromatic rings. The van der Waals surface area contributed by atoms with Crippen molar-refractivity contribution in [3.8, 4) is 0 Å². The van der Waals surface area contributed by atoms with Gasteiger partial charge in [-0.2, -0.15) is 4.98 Å². The van der Waals surface area contributed by atoms with E-state index < -0.39 is 0 Å². The van der Waals surface area contributed by atoms with Gasteiger partial charge in [-0.15, -0.1) is 0 Å².